The largest absolute Gasteiger partial charge is 0.477 e. The molecule has 6 heteroatoms. The molecule has 1 aromatic rings. The van der Waals surface area contributed by atoms with Crippen LogP contribution in [-0.4, -0.2) is 40.1 Å². The molecule has 1 heterocycles. The van der Waals surface area contributed by atoms with Crippen molar-refractivity contribution in [3.63, 3.8) is 0 Å². The molecule has 1 aliphatic rings. The van der Waals surface area contributed by atoms with E-state index >= 15 is 0 Å². The number of aromatic carboxylic acids is 1. The van der Waals surface area contributed by atoms with E-state index in [1.165, 1.54) is 18.7 Å². The summed E-state index contributed by atoms with van der Waals surface area (Å²) in [5, 5.41) is 11.5. The molecule has 0 atom stereocenters. The van der Waals surface area contributed by atoms with Crippen LogP contribution >= 0.6 is 0 Å². The van der Waals surface area contributed by atoms with Gasteiger partial charge in [-0.15, -0.1) is 0 Å². The summed E-state index contributed by atoms with van der Waals surface area (Å²) in [4.78, 5) is 28.3. The van der Waals surface area contributed by atoms with Crippen molar-refractivity contribution in [1.29, 1.82) is 0 Å². The Kier molecular flexibility index (Phi) is 4.55. The van der Waals surface area contributed by atoms with E-state index in [9.17, 15) is 9.59 Å². The van der Waals surface area contributed by atoms with Crippen LogP contribution in [0.25, 0.3) is 0 Å². The molecule has 1 fully saturated rings. The normalized spacial score (nSPS) is 15.7. The summed E-state index contributed by atoms with van der Waals surface area (Å²) in [6, 6.07) is 3.03. The quantitative estimate of drug-likeness (QED) is 0.889. The van der Waals surface area contributed by atoms with Crippen LogP contribution in [-0.2, 0) is 0 Å². The van der Waals surface area contributed by atoms with E-state index in [2.05, 4.69) is 10.3 Å². The first kappa shape index (κ1) is 14.3. The highest BCUT2D eigenvalue weighted by Gasteiger charge is 2.22. The monoisotopic (exact) mass is 277 g/mol. The second kappa shape index (κ2) is 6.36. The second-order valence-electron chi connectivity index (χ2n) is 5.07. The first-order chi connectivity index (χ1) is 9.58. The van der Waals surface area contributed by atoms with Gasteiger partial charge in [-0.2, -0.15) is 0 Å². The van der Waals surface area contributed by atoms with Gasteiger partial charge in [0.15, 0.2) is 0 Å². The number of carboxylic acid groups (broad SMARTS) is 1. The van der Waals surface area contributed by atoms with Gasteiger partial charge in [-0.05, 0) is 25.0 Å². The summed E-state index contributed by atoms with van der Waals surface area (Å²) < 4.78 is 0. The molecule has 0 aromatic carbocycles. The molecule has 0 radical (unpaired) electrons. The third kappa shape index (κ3) is 3.46. The van der Waals surface area contributed by atoms with E-state index in [1.807, 2.05) is 0 Å². The maximum atomic E-state index is 12.1. The number of rotatable bonds is 3. The first-order valence-corrected chi connectivity index (χ1v) is 6.81. The van der Waals surface area contributed by atoms with Crippen LogP contribution in [0.3, 0.4) is 0 Å². The van der Waals surface area contributed by atoms with Gasteiger partial charge >= 0.3 is 12.0 Å². The van der Waals surface area contributed by atoms with E-state index in [-0.39, 0.29) is 17.8 Å². The Balaban J connectivity index is 1.94. The van der Waals surface area contributed by atoms with Crippen molar-refractivity contribution in [3.05, 3.63) is 24.0 Å². The van der Waals surface area contributed by atoms with E-state index < -0.39 is 5.97 Å². The number of carboxylic acids is 1. The predicted molar refractivity (Wildman–Crippen MR) is 74.9 cm³/mol. The molecule has 0 saturated heterocycles. The Bertz CT molecular complexity index is 481. The summed E-state index contributed by atoms with van der Waals surface area (Å²) in [7, 11) is 1.80. The highest BCUT2D eigenvalue weighted by Crippen LogP contribution is 2.22. The zero-order valence-corrected chi connectivity index (χ0v) is 11.5. The molecule has 1 saturated carbocycles. The fourth-order valence-electron chi connectivity index (χ4n) is 2.44. The Morgan fingerprint density at radius 1 is 1.30 bits per heavy atom. The number of hydrogen-bond donors (Lipinski definition) is 2. The number of amides is 2. The van der Waals surface area contributed by atoms with Gasteiger partial charge in [0.05, 0.1) is 11.9 Å². The molecular formula is C14H19N3O3. The first-order valence-electron chi connectivity index (χ1n) is 6.81. The van der Waals surface area contributed by atoms with Crippen LogP contribution in [0.1, 0.15) is 42.6 Å². The van der Waals surface area contributed by atoms with Crippen molar-refractivity contribution in [2.45, 2.75) is 38.1 Å². The van der Waals surface area contributed by atoms with Gasteiger partial charge in [-0.25, -0.2) is 14.6 Å². The number of nitrogens with zero attached hydrogens (tertiary/aromatic N) is 2. The third-order valence-electron chi connectivity index (χ3n) is 3.68. The lowest BCUT2D eigenvalue weighted by atomic mass is 9.95. The molecule has 6 nitrogen and oxygen atoms in total. The van der Waals surface area contributed by atoms with Crippen molar-refractivity contribution in [3.8, 4) is 0 Å². The molecule has 1 aliphatic carbocycles. The standard InChI is InChI=1S/C14H19N3O3/c1-17(11-5-3-2-4-6-11)14(20)16-10-7-8-12(13(18)19)15-9-10/h7-9,11H,2-6H2,1H3,(H,16,20)(H,18,19). The van der Waals surface area contributed by atoms with Gasteiger partial charge in [-0.1, -0.05) is 19.3 Å². The molecule has 0 spiro atoms. The second-order valence-corrected chi connectivity index (χ2v) is 5.07. The summed E-state index contributed by atoms with van der Waals surface area (Å²) in [6.45, 7) is 0. The maximum absolute atomic E-state index is 12.1. The minimum atomic E-state index is -1.08. The van der Waals surface area contributed by atoms with E-state index in [0.29, 0.717) is 5.69 Å². The molecule has 108 valence electrons. The summed E-state index contributed by atoms with van der Waals surface area (Å²) in [6.07, 6.45) is 7.01. The smallest absolute Gasteiger partial charge is 0.354 e. The summed E-state index contributed by atoms with van der Waals surface area (Å²) in [5.41, 5.74) is 0.464. The molecule has 0 aliphatic heterocycles. The average molecular weight is 277 g/mol. The molecule has 0 unspecified atom stereocenters. The van der Waals surface area contributed by atoms with Crippen LogP contribution in [0.2, 0.25) is 0 Å². The van der Waals surface area contributed by atoms with Gasteiger partial charge in [-0.3, -0.25) is 0 Å². The topological polar surface area (TPSA) is 82.5 Å². The Labute approximate surface area is 117 Å². The van der Waals surface area contributed by atoms with Crippen LogP contribution in [0.5, 0.6) is 0 Å². The molecule has 2 N–H and O–H groups in total. The fraction of sp³-hybridized carbons (Fsp3) is 0.500. The van der Waals surface area contributed by atoms with Crippen molar-refractivity contribution in [2.75, 3.05) is 12.4 Å². The zero-order chi connectivity index (χ0) is 14.5. The highest BCUT2D eigenvalue weighted by atomic mass is 16.4. The van der Waals surface area contributed by atoms with Crippen molar-refractivity contribution in [1.82, 2.24) is 9.88 Å². The Hall–Kier alpha value is -2.11. The number of anilines is 1. The van der Waals surface area contributed by atoms with Gasteiger partial charge < -0.3 is 15.3 Å². The SMILES string of the molecule is CN(C(=O)Nc1ccc(C(=O)O)nc1)C1CCCCC1. The molecule has 20 heavy (non-hydrogen) atoms. The van der Waals surface area contributed by atoms with Gasteiger partial charge in [0, 0.05) is 13.1 Å². The molecular weight excluding hydrogens is 258 g/mol. The van der Waals surface area contributed by atoms with Crippen LogP contribution in [0.4, 0.5) is 10.5 Å². The molecule has 2 rings (SSSR count). The third-order valence-corrected chi connectivity index (χ3v) is 3.68. The number of pyridine rings is 1. The maximum Gasteiger partial charge on any atom is 0.354 e. The summed E-state index contributed by atoms with van der Waals surface area (Å²) in [5.74, 6) is -1.08. The predicted octanol–water partition coefficient (Wildman–Crippen LogP) is 2.58. The number of aromatic nitrogens is 1. The number of urea groups is 1. The van der Waals surface area contributed by atoms with Crippen LogP contribution in [0.15, 0.2) is 18.3 Å². The van der Waals surface area contributed by atoms with Crippen LogP contribution in [0, 0.1) is 0 Å². The lowest BCUT2D eigenvalue weighted by Gasteiger charge is -2.31. The number of carbonyl (C=O) groups excluding carboxylic acids is 1. The average Bonchev–Trinajstić information content (AvgIpc) is 2.48. The molecule has 1 aromatic heterocycles. The van der Waals surface area contributed by atoms with E-state index in [4.69, 9.17) is 5.11 Å². The summed E-state index contributed by atoms with van der Waals surface area (Å²) >= 11 is 0. The Morgan fingerprint density at radius 3 is 2.55 bits per heavy atom. The lowest BCUT2D eigenvalue weighted by Crippen LogP contribution is -2.40. The lowest BCUT2D eigenvalue weighted by molar-refractivity contribution is 0.0690. The van der Waals surface area contributed by atoms with Crippen molar-refractivity contribution >= 4 is 17.7 Å². The highest BCUT2D eigenvalue weighted by molar-refractivity contribution is 5.90. The molecule has 0 bridgehead atoms. The minimum Gasteiger partial charge on any atom is -0.477 e. The fourth-order valence-corrected chi connectivity index (χ4v) is 2.44. The van der Waals surface area contributed by atoms with Gasteiger partial charge in [0.25, 0.3) is 0 Å². The minimum absolute atomic E-state index is 0.0383. The van der Waals surface area contributed by atoms with Gasteiger partial charge in [0.2, 0.25) is 0 Å². The van der Waals surface area contributed by atoms with Crippen molar-refractivity contribution < 1.29 is 14.7 Å². The van der Waals surface area contributed by atoms with Crippen LogP contribution < -0.4 is 5.32 Å². The van der Waals surface area contributed by atoms with E-state index in [0.717, 1.165) is 25.7 Å². The number of hydrogen-bond acceptors (Lipinski definition) is 3. The number of nitrogens with one attached hydrogen (secondary N) is 1. The number of carbonyl (C=O) groups is 2. The van der Waals surface area contributed by atoms with E-state index in [1.54, 1.807) is 18.0 Å². The van der Waals surface area contributed by atoms with Gasteiger partial charge in [0.1, 0.15) is 5.69 Å². The Morgan fingerprint density at radius 2 is 2.00 bits per heavy atom. The molecule has 2 amide bonds. The zero-order valence-electron chi connectivity index (χ0n) is 11.5. The van der Waals surface area contributed by atoms with Crippen molar-refractivity contribution in [2.24, 2.45) is 0 Å².